The Bertz CT molecular complexity index is 3790. The number of rotatable bonds is 28. The smallest absolute Gasteiger partial charge is 0.494 e. The molecule has 2 aliphatic heterocycles. The normalized spacial score (nSPS) is 13.6. The number of piperazine rings is 2. The molecule has 0 amide bonds. The second-order valence-electron chi connectivity index (χ2n) is 22.8. The van der Waals surface area contributed by atoms with Gasteiger partial charge in [-0.3, -0.25) is 28.5 Å². The average molecular weight is 1280 g/mol. The van der Waals surface area contributed by atoms with Crippen LogP contribution in [0.5, 0.6) is 17.2 Å². The minimum Gasteiger partial charge on any atom is -0.494 e. The zero-order valence-corrected chi connectivity index (χ0v) is 54.4. The van der Waals surface area contributed by atoms with Crippen molar-refractivity contribution in [2.75, 3.05) is 102 Å². The van der Waals surface area contributed by atoms with E-state index in [4.69, 9.17) is 33.5 Å². The molecule has 5 aromatic carbocycles. The predicted molar refractivity (Wildman–Crippen MR) is 368 cm³/mol. The lowest BCUT2D eigenvalue weighted by molar-refractivity contribution is 0.0331. The van der Waals surface area contributed by atoms with Gasteiger partial charge in [0.1, 0.15) is 17.2 Å². The summed E-state index contributed by atoms with van der Waals surface area (Å²) in [6, 6.07) is 44.0. The Morgan fingerprint density at radius 2 is 0.923 bits per heavy atom. The number of hydrogen-bond donors (Lipinski definition) is 1. The Hall–Kier alpha value is -7.94. The summed E-state index contributed by atoms with van der Waals surface area (Å²) >= 11 is 3.60. The molecule has 91 heavy (non-hydrogen) atoms. The van der Waals surface area contributed by atoms with Gasteiger partial charge in [-0.15, -0.1) is 22.7 Å². The molecule has 6 heterocycles. The van der Waals surface area contributed by atoms with E-state index >= 15 is 0 Å². The first-order valence-corrected chi connectivity index (χ1v) is 34.1. The minimum absolute atomic E-state index is 0.205. The Kier molecular flexibility index (Phi) is 26.8. The third kappa shape index (κ3) is 20.3. The van der Waals surface area contributed by atoms with Gasteiger partial charge in [-0.05, 0) is 158 Å². The molecule has 1 N–H and O–H groups in total. The summed E-state index contributed by atoms with van der Waals surface area (Å²) < 4.78 is 38.4. The van der Waals surface area contributed by atoms with Gasteiger partial charge >= 0.3 is 12.3 Å². The van der Waals surface area contributed by atoms with Gasteiger partial charge in [-0.25, -0.2) is 9.59 Å². The number of anilines is 2. The summed E-state index contributed by atoms with van der Waals surface area (Å²) in [6.45, 7) is 16.2. The van der Waals surface area contributed by atoms with E-state index in [1.165, 1.54) is 72.1 Å². The summed E-state index contributed by atoms with van der Waals surface area (Å²) in [7, 11) is 0. The number of thiophene rings is 2. The number of benzene rings is 5. The van der Waals surface area contributed by atoms with Crippen molar-refractivity contribution in [3.05, 3.63) is 171 Å². The lowest BCUT2D eigenvalue weighted by atomic mass is 10.2. The van der Waals surface area contributed by atoms with Gasteiger partial charge in [0.2, 0.25) is 0 Å². The van der Waals surface area contributed by atoms with Crippen LogP contribution in [0.15, 0.2) is 160 Å². The summed E-state index contributed by atoms with van der Waals surface area (Å²) in [4.78, 5) is 59.4. The van der Waals surface area contributed by atoms with Gasteiger partial charge in [-0.2, -0.15) is 0 Å². The molecule has 0 bridgehead atoms. The Morgan fingerprint density at radius 3 is 1.42 bits per heavy atom. The lowest BCUT2D eigenvalue weighted by Crippen LogP contribution is -2.46. The number of hydrogen-bond acceptors (Lipinski definition) is 17. The molecule has 0 atom stereocenters. The maximum Gasteiger partial charge on any atom is 0.515 e. The number of pyridine rings is 2. The summed E-state index contributed by atoms with van der Waals surface area (Å²) in [5.74, 6) is 1.74. The molecule has 0 unspecified atom stereocenters. The highest BCUT2D eigenvalue weighted by Gasteiger charge is 2.21. The minimum atomic E-state index is -0.876. The van der Waals surface area contributed by atoms with Crippen LogP contribution in [0.3, 0.4) is 0 Å². The molecule has 11 rings (SSSR count). The number of carbonyl (C=O) groups excluding carboxylic acids is 2. The maximum absolute atomic E-state index is 12.6. The standard InChI is InChI=1S/C33H33N3O5S.C33H41N3O5S.C6H14O/c37-32-14-12-25-11-13-27(23-30(25)36(32)24-40-33(38)41-26-7-2-1-3-8-26)39-21-5-4-16-34-17-19-35(20-18-34)29-9-6-10-31-28(29)15-22-42-31;1-2-3-4-6-22-40-33(38)41-25-36-30-24-27(13-11-26(30)12-14-32(36)37)39-21-7-5-16-34-17-19-35(20-18-34)29-9-8-10-31-28(29)15-23-42-31;1-2-3-4-5-6-7/h1-3,6-15,22-23H,4-5,16-21,24H2;8-15,23-24H,2-7,16-22,25H2,1H3;7H,2-6H2,1H3. The van der Waals surface area contributed by atoms with Gasteiger partial charge < -0.3 is 43.3 Å². The first-order valence-electron chi connectivity index (χ1n) is 32.4. The van der Waals surface area contributed by atoms with Crippen molar-refractivity contribution in [3.8, 4) is 17.2 Å². The molecule has 9 aromatic rings. The van der Waals surface area contributed by atoms with Crippen molar-refractivity contribution in [2.45, 2.75) is 104 Å². The summed E-state index contributed by atoms with van der Waals surface area (Å²) in [6.07, 6.45) is 11.1. The molecule has 4 aromatic heterocycles. The van der Waals surface area contributed by atoms with Crippen LogP contribution in [0, 0.1) is 0 Å². The molecule has 2 saturated heterocycles. The van der Waals surface area contributed by atoms with Crippen LogP contribution in [0.2, 0.25) is 0 Å². The van der Waals surface area contributed by atoms with Crippen LogP contribution in [-0.4, -0.2) is 128 Å². The Morgan fingerprint density at radius 1 is 0.451 bits per heavy atom. The molecule has 0 spiro atoms. The maximum atomic E-state index is 12.6. The number of nitrogens with zero attached hydrogens (tertiary/aromatic N) is 6. The third-order valence-electron chi connectivity index (χ3n) is 16.4. The molecule has 2 fully saturated rings. The van der Waals surface area contributed by atoms with Crippen molar-refractivity contribution in [1.29, 1.82) is 0 Å². The lowest BCUT2D eigenvalue weighted by Gasteiger charge is -2.36. The van der Waals surface area contributed by atoms with Gasteiger partial charge in [-0.1, -0.05) is 82.7 Å². The largest absolute Gasteiger partial charge is 0.515 e. The van der Waals surface area contributed by atoms with E-state index in [2.05, 4.69) is 92.7 Å². The Labute approximate surface area is 541 Å². The van der Waals surface area contributed by atoms with Gasteiger partial charge in [0, 0.05) is 115 Å². The number of unbranched alkanes of at least 4 members (excludes halogenated alkanes) is 8. The topological polar surface area (TPSA) is 167 Å². The molecule has 0 aliphatic carbocycles. The zero-order chi connectivity index (χ0) is 63.4. The third-order valence-corrected chi connectivity index (χ3v) is 18.1. The highest BCUT2D eigenvalue weighted by Crippen LogP contribution is 2.33. The van der Waals surface area contributed by atoms with Crippen molar-refractivity contribution in [1.82, 2.24) is 18.9 Å². The van der Waals surface area contributed by atoms with Crippen molar-refractivity contribution >= 4 is 88.3 Å². The van der Waals surface area contributed by atoms with Gasteiger partial charge in [0.15, 0.2) is 13.5 Å². The first-order chi connectivity index (χ1) is 44.7. The second kappa shape index (κ2) is 36.2. The molecule has 0 radical (unpaired) electrons. The predicted octanol–water partition coefficient (Wildman–Crippen LogP) is 14.8. The van der Waals surface area contributed by atoms with E-state index in [1.807, 2.05) is 42.5 Å². The van der Waals surface area contributed by atoms with E-state index in [9.17, 15) is 19.2 Å². The highest BCUT2D eigenvalue weighted by molar-refractivity contribution is 7.17. The fourth-order valence-corrected chi connectivity index (χ4v) is 12.9. The molecule has 17 nitrogen and oxygen atoms in total. The second-order valence-corrected chi connectivity index (χ2v) is 24.7. The van der Waals surface area contributed by atoms with E-state index in [0.29, 0.717) is 54.7 Å². The van der Waals surface area contributed by atoms with Gasteiger partial charge in [0.05, 0.1) is 30.9 Å². The molecule has 19 heteroatoms. The van der Waals surface area contributed by atoms with Crippen LogP contribution < -0.4 is 35.1 Å². The quantitative estimate of drug-likeness (QED) is 0.0279. The number of aromatic nitrogens is 2. The van der Waals surface area contributed by atoms with Crippen LogP contribution in [0.25, 0.3) is 42.0 Å². The summed E-state index contributed by atoms with van der Waals surface area (Å²) in [5, 5.41) is 17.1. The monoisotopic (exact) mass is 1280 g/mol. The van der Waals surface area contributed by atoms with Crippen LogP contribution in [0.1, 0.15) is 90.9 Å². The van der Waals surface area contributed by atoms with Crippen molar-refractivity contribution < 1.29 is 43.1 Å². The van der Waals surface area contributed by atoms with Crippen LogP contribution in [-0.2, 0) is 27.7 Å². The average Bonchev–Trinajstić information content (AvgIpc) is 1.83. The van der Waals surface area contributed by atoms with Crippen molar-refractivity contribution in [2.24, 2.45) is 0 Å². The van der Waals surface area contributed by atoms with Crippen LogP contribution >= 0.6 is 22.7 Å². The fraction of sp³-hybridized carbons (Fsp3) is 0.417. The number of carbonyl (C=O) groups is 2. The molecule has 2 aliphatic rings. The van der Waals surface area contributed by atoms with E-state index in [0.717, 1.165) is 134 Å². The van der Waals surface area contributed by atoms with Crippen molar-refractivity contribution in [3.63, 3.8) is 0 Å². The van der Waals surface area contributed by atoms with E-state index in [1.54, 1.807) is 59.1 Å². The Balaban J connectivity index is 0.000000195. The van der Waals surface area contributed by atoms with Gasteiger partial charge in [0.25, 0.3) is 11.1 Å². The molecule has 0 saturated carbocycles. The summed E-state index contributed by atoms with van der Waals surface area (Å²) in [5.41, 5.74) is 3.46. The number of fused-ring (bicyclic) bond motifs is 4. The number of aliphatic hydroxyl groups is 1. The number of ether oxygens (including phenoxy) is 6. The van der Waals surface area contributed by atoms with Crippen LogP contribution in [0.4, 0.5) is 21.0 Å². The number of para-hydroxylation sites is 1. The first kappa shape index (κ1) is 67.5. The van der Waals surface area contributed by atoms with E-state index < -0.39 is 12.3 Å². The molecular weight excluding hydrogens is 1190 g/mol. The fourth-order valence-electron chi connectivity index (χ4n) is 11.3. The molecular formula is C72H88N6O11S2. The molecule has 484 valence electrons. The zero-order valence-electron chi connectivity index (χ0n) is 52.8. The van der Waals surface area contributed by atoms with E-state index in [-0.39, 0.29) is 24.6 Å². The SMILES string of the molecule is CCCCCCO.CCCCCCOC(=O)OCn1c(=O)ccc2ccc(OCCCCN3CCN(c4cccc5sccc45)CC3)cc21.O=C(OCn1c(=O)ccc2ccc(OCCCCN3CCN(c4cccc5sccc45)CC3)cc21)Oc1ccccc1. The number of aliphatic hydroxyl groups excluding tert-OH is 1. The highest BCUT2D eigenvalue weighted by atomic mass is 32.1.